The molecule has 3 rings (SSSR count). The molecule has 1 saturated heterocycles. The van der Waals surface area contributed by atoms with Crippen molar-refractivity contribution in [1.29, 1.82) is 0 Å². The molecule has 0 radical (unpaired) electrons. The molecule has 1 aromatic carbocycles. The number of halogens is 1. The standard InChI is InChI=1S/C18H27FN2/c1-13(2)9-20-10-16-17(19)7-4-8-18(16)21-11-14-5-3-6-15(14)12-21/h4,7-8,13-15,20H,3,5-6,9-12H2,1-2H3. The van der Waals surface area contributed by atoms with E-state index in [4.69, 9.17) is 0 Å². The average Bonchev–Trinajstić information content (AvgIpc) is 3.01. The van der Waals surface area contributed by atoms with Gasteiger partial charge in [-0.1, -0.05) is 26.3 Å². The molecule has 0 aromatic heterocycles. The zero-order valence-corrected chi connectivity index (χ0v) is 13.2. The van der Waals surface area contributed by atoms with E-state index in [-0.39, 0.29) is 5.82 Å². The number of rotatable bonds is 5. The van der Waals surface area contributed by atoms with Crippen LogP contribution < -0.4 is 10.2 Å². The van der Waals surface area contributed by atoms with Crippen molar-refractivity contribution < 1.29 is 4.39 Å². The number of nitrogens with zero attached hydrogens (tertiary/aromatic N) is 1. The third-order valence-corrected chi connectivity index (χ3v) is 5.02. The van der Waals surface area contributed by atoms with Crippen LogP contribution in [0.4, 0.5) is 10.1 Å². The molecule has 3 heteroatoms. The van der Waals surface area contributed by atoms with E-state index in [0.29, 0.717) is 12.5 Å². The molecule has 1 aliphatic carbocycles. The zero-order valence-electron chi connectivity index (χ0n) is 13.2. The fourth-order valence-corrected chi connectivity index (χ4v) is 3.94. The molecule has 0 bridgehead atoms. The summed E-state index contributed by atoms with van der Waals surface area (Å²) >= 11 is 0. The van der Waals surface area contributed by atoms with Gasteiger partial charge in [-0.25, -0.2) is 4.39 Å². The molecule has 2 atom stereocenters. The van der Waals surface area contributed by atoms with Crippen LogP contribution in [0.1, 0.15) is 38.7 Å². The van der Waals surface area contributed by atoms with E-state index in [1.807, 2.05) is 6.07 Å². The van der Waals surface area contributed by atoms with Gasteiger partial charge in [-0.05, 0) is 49.3 Å². The van der Waals surface area contributed by atoms with Gasteiger partial charge in [-0.2, -0.15) is 0 Å². The summed E-state index contributed by atoms with van der Waals surface area (Å²) in [6.45, 7) is 8.15. The summed E-state index contributed by atoms with van der Waals surface area (Å²) in [4.78, 5) is 2.42. The highest BCUT2D eigenvalue weighted by Crippen LogP contribution is 2.40. The molecular weight excluding hydrogens is 263 g/mol. The molecule has 0 amide bonds. The first-order valence-electron chi connectivity index (χ1n) is 8.38. The highest BCUT2D eigenvalue weighted by molar-refractivity contribution is 5.55. The van der Waals surface area contributed by atoms with Gasteiger partial charge in [0.1, 0.15) is 5.82 Å². The van der Waals surface area contributed by atoms with Crippen LogP contribution in [-0.2, 0) is 6.54 Å². The summed E-state index contributed by atoms with van der Waals surface area (Å²) in [7, 11) is 0. The summed E-state index contributed by atoms with van der Waals surface area (Å²) in [6, 6.07) is 5.54. The van der Waals surface area contributed by atoms with E-state index < -0.39 is 0 Å². The number of benzene rings is 1. The lowest BCUT2D eigenvalue weighted by Crippen LogP contribution is -2.25. The average molecular weight is 290 g/mol. The zero-order chi connectivity index (χ0) is 14.8. The summed E-state index contributed by atoms with van der Waals surface area (Å²) in [5.74, 6) is 2.20. The van der Waals surface area contributed by atoms with Crippen molar-refractivity contribution in [2.24, 2.45) is 17.8 Å². The summed E-state index contributed by atoms with van der Waals surface area (Å²) in [5, 5.41) is 3.39. The van der Waals surface area contributed by atoms with Gasteiger partial charge in [0.25, 0.3) is 0 Å². The number of nitrogens with one attached hydrogen (secondary N) is 1. The lowest BCUT2D eigenvalue weighted by Gasteiger charge is -2.23. The summed E-state index contributed by atoms with van der Waals surface area (Å²) < 4.78 is 14.3. The molecule has 2 fully saturated rings. The van der Waals surface area contributed by atoms with Crippen molar-refractivity contribution in [2.75, 3.05) is 24.5 Å². The molecule has 2 nitrogen and oxygen atoms in total. The van der Waals surface area contributed by atoms with Gasteiger partial charge >= 0.3 is 0 Å². The second-order valence-corrected chi connectivity index (χ2v) is 7.12. The molecule has 0 spiro atoms. The summed E-state index contributed by atoms with van der Waals surface area (Å²) in [5.41, 5.74) is 1.96. The molecule has 1 N–H and O–H groups in total. The Morgan fingerprint density at radius 2 is 1.95 bits per heavy atom. The fraction of sp³-hybridized carbons (Fsp3) is 0.667. The van der Waals surface area contributed by atoms with Gasteiger partial charge < -0.3 is 10.2 Å². The normalized spacial score (nSPS) is 24.9. The molecule has 1 heterocycles. The Labute approximate surface area is 127 Å². The molecule has 2 aliphatic rings. The Kier molecular flexibility index (Phi) is 4.48. The second kappa shape index (κ2) is 6.35. The van der Waals surface area contributed by atoms with Crippen LogP contribution in [0.3, 0.4) is 0 Å². The number of anilines is 1. The predicted octanol–water partition coefficient (Wildman–Crippen LogP) is 3.81. The Morgan fingerprint density at radius 3 is 2.62 bits per heavy atom. The Morgan fingerprint density at radius 1 is 1.24 bits per heavy atom. The van der Waals surface area contributed by atoms with E-state index in [1.54, 1.807) is 6.07 Å². The smallest absolute Gasteiger partial charge is 0.129 e. The Balaban J connectivity index is 1.74. The minimum absolute atomic E-state index is 0.0687. The van der Waals surface area contributed by atoms with E-state index in [9.17, 15) is 4.39 Å². The lowest BCUT2D eigenvalue weighted by atomic mass is 10.0. The van der Waals surface area contributed by atoms with Gasteiger partial charge in [-0.15, -0.1) is 0 Å². The van der Waals surface area contributed by atoms with Crippen LogP contribution in [0.2, 0.25) is 0 Å². The second-order valence-electron chi connectivity index (χ2n) is 7.12. The highest BCUT2D eigenvalue weighted by atomic mass is 19.1. The lowest BCUT2D eigenvalue weighted by molar-refractivity contribution is 0.494. The largest absolute Gasteiger partial charge is 0.371 e. The van der Waals surface area contributed by atoms with E-state index >= 15 is 0 Å². The first-order chi connectivity index (χ1) is 10.1. The Hall–Kier alpha value is -1.09. The van der Waals surface area contributed by atoms with Crippen LogP contribution in [0, 0.1) is 23.6 Å². The van der Waals surface area contributed by atoms with Crippen LogP contribution >= 0.6 is 0 Å². The molecule has 116 valence electrons. The van der Waals surface area contributed by atoms with Crippen molar-refractivity contribution in [2.45, 2.75) is 39.7 Å². The highest BCUT2D eigenvalue weighted by Gasteiger charge is 2.36. The maximum atomic E-state index is 14.3. The number of fused-ring (bicyclic) bond motifs is 1. The first kappa shape index (κ1) is 14.8. The topological polar surface area (TPSA) is 15.3 Å². The van der Waals surface area contributed by atoms with Gasteiger partial charge in [0, 0.05) is 30.9 Å². The molecule has 21 heavy (non-hydrogen) atoms. The minimum atomic E-state index is -0.0687. The van der Waals surface area contributed by atoms with Crippen LogP contribution in [-0.4, -0.2) is 19.6 Å². The SMILES string of the molecule is CC(C)CNCc1c(F)cccc1N1CC2CCCC2C1. The molecule has 1 saturated carbocycles. The number of hydrogen-bond donors (Lipinski definition) is 1. The Bertz CT molecular complexity index is 474. The van der Waals surface area contributed by atoms with Gasteiger partial charge in [0.2, 0.25) is 0 Å². The molecule has 1 aliphatic heterocycles. The fourth-order valence-electron chi connectivity index (χ4n) is 3.94. The molecule has 1 aromatic rings. The third-order valence-electron chi connectivity index (χ3n) is 5.02. The maximum absolute atomic E-state index is 14.3. The monoisotopic (exact) mass is 290 g/mol. The van der Waals surface area contributed by atoms with Gasteiger partial charge in [0.15, 0.2) is 0 Å². The van der Waals surface area contributed by atoms with Crippen molar-refractivity contribution in [1.82, 2.24) is 5.32 Å². The number of hydrogen-bond acceptors (Lipinski definition) is 2. The van der Waals surface area contributed by atoms with Crippen LogP contribution in [0.25, 0.3) is 0 Å². The van der Waals surface area contributed by atoms with Gasteiger partial charge in [0.05, 0.1) is 0 Å². The van der Waals surface area contributed by atoms with Crippen LogP contribution in [0.15, 0.2) is 18.2 Å². The van der Waals surface area contributed by atoms with Gasteiger partial charge in [-0.3, -0.25) is 0 Å². The van der Waals surface area contributed by atoms with E-state index in [2.05, 4.69) is 30.1 Å². The first-order valence-corrected chi connectivity index (χ1v) is 8.38. The molecular formula is C18H27FN2. The van der Waals surface area contributed by atoms with Crippen molar-refractivity contribution in [3.63, 3.8) is 0 Å². The third kappa shape index (κ3) is 3.23. The quantitative estimate of drug-likeness (QED) is 0.887. The van der Waals surface area contributed by atoms with Crippen molar-refractivity contribution in [3.05, 3.63) is 29.6 Å². The minimum Gasteiger partial charge on any atom is -0.371 e. The summed E-state index contributed by atoms with van der Waals surface area (Å²) in [6.07, 6.45) is 4.10. The van der Waals surface area contributed by atoms with Crippen LogP contribution in [0.5, 0.6) is 0 Å². The predicted molar refractivity (Wildman–Crippen MR) is 86.0 cm³/mol. The van der Waals surface area contributed by atoms with E-state index in [0.717, 1.165) is 42.7 Å². The molecule has 2 unspecified atom stereocenters. The van der Waals surface area contributed by atoms with Crippen molar-refractivity contribution in [3.8, 4) is 0 Å². The van der Waals surface area contributed by atoms with Crippen molar-refractivity contribution >= 4 is 5.69 Å². The van der Waals surface area contributed by atoms with E-state index in [1.165, 1.54) is 19.3 Å². The maximum Gasteiger partial charge on any atom is 0.129 e.